The molecule has 21 heavy (non-hydrogen) atoms. The van der Waals surface area contributed by atoms with Gasteiger partial charge in [-0.05, 0) is 29.8 Å². The zero-order valence-electron chi connectivity index (χ0n) is 10.9. The van der Waals surface area contributed by atoms with Gasteiger partial charge in [0.2, 0.25) is 0 Å². The summed E-state index contributed by atoms with van der Waals surface area (Å²) in [6, 6.07) is 7.57. The molecule has 0 atom stereocenters. The zero-order valence-corrected chi connectivity index (χ0v) is 10.9. The van der Waals surface area contributed by atoms with E-state index in [0.717, 1.165) is 11.8 Å². The van der Waals surface area contributed by atoms with Crippen molar-refractivity contribution in [2.75, 3.05) is 5.32 Å². The van der Waals surface area contributed by atoms with Crippen LogP contribution in [0.25, 0.3) is 5.82 Å². The number of nitrogens with one attached hydrogen (secondary N) is 1. The molecule has 0 aliphatic rings. The molecule has 0 saturated heterocycles. The van der Waals surface area contributed by atoms with Crippen LogP contribution in [0.1, 0.15) is 5.56 Å². The maximum atomic E-state index is 13.1. The third kappa shape index (κ3) is 3.14. The number of aromatic hydroxyl groups is 1. The van der Waals surface area contributed by atoms with Gasteiger partial charge in [-0.2, -0.15) is 5.10 Å². The number of pyridine rings is 1. The Kier molecular flexibility index (Phi) is 3.46. The summed E-state index contributed by atoms with van der Waals surface area (Å²) < 4.78 is 14.7. The Hall–Kier alpha value is -2.96. The van der Waals surface area contributed by atoms with Gasteiger partial charge in [0.1, 0.15) is 24.2 Å². The molecule has 0 radical (unpaired) electrons. The van der Waals surface area contributed by atoms with Gasteiger partial charge in [0.05, 0.1) is 11.9 Å². The van der Waals surface area contributed by atoms with Gasteiger partial charge in [0.25, 0.3) is 0 Å². The Balaban J connectivity index is 1.68. The van der Waals surface area contributed by atoms with E-state index in [1.54, 1.807) is 23.3 Å². The number of phenols is 1. The van der Waals surface area contributed by atoms with Crippen molar-refractivity contribution in [3.8, 4) is 11.6 Å². The van der Waals surface area contributed by atoms with Crippen LogP contribution in [0.15, 0.2) is 49.2 Å². The van der Waals surface area contributed by atoms with Gasteiger partial charge in [0, 0.05) is 12.6 Å². The Labute approximate surface area is 119 Å². The van der Waals surface area contributed by atoms with Gasteiger partial charge in [-0.3, -0.25) is 0 Å². The highest BCUT2D eigenvalue weighted by atomic mass is 19.1. The topological polar surface area (TPSA) is 75.9 Å². The summed E-state index contributed by atoms with van der Waals surface area (Å²) in [5.41, 5.74) is 1.43. The Morgan fingerprint density at radius 1 is 1.24 bits per heavy atom. The van der Waals surface area contributed by atoms with E-state index in [2.05, 4.69) is 20.4 Å². The van der Waals surface area contributed by atoms with E-state index in [-0.39, 0.29) is 5.75 Å². The van der Waals surface area contributed by atoms with Crippen molar-refractivity contribution < 1.29 is 9.50 Å². The van der Waals surface area contributed by atoms with Crippen molar-refractivity contribution >= 4 is 5.69 Å². The summed E-state index contributed by atoms with van der Waals surface area (Å²) in [5, 5.41) is 16.4. The number of rotatable bonds is 4. The lowest BCUT2D eigenvalue weighted by molar-refractivity contribution is 0.468. The molecule has 106 valence electrons. The SMILES string of the molecule is Oc1cc(F)cc(CNc2ccc(-n3cncn3)nc2)c1. The largest absolute Gasteiger partial charge is 0.508 e. The van der Waals surface area contributed by atoms with Gasteiger partial charge in [-0.25, -0.2) is 19.0 Å². The van der Waals surface area contributed by atoms with Crippen molar-refractivity contribution in [1.82, 2.24) is 19.7 Å². The summed E-state index contributed by atoms with van der Waals surface area (Å²) in [5.74, 6) is 0.0966. The van der Waals surface area contributed by atoms with Gasteiger partial charge in [-0.1, -0.05) is 0 Å². The van der Waals surface area contributed by atoms with Crippen molar-refractivity contribution in [1.29, 1.82) is 0 Å². The summed E-state index contributed by atoms with van der Waals surface area (Å²) in [7, 11) is 0. The molecule has 3 aromatic rings. The van der Waals surface area contributed by atoms with E-state index in [0.29, 0.717) is 17.9 Å². The fourth-order valence-corrected chi connectivity index (χ4v) is 1.89. The predicted octanol–water partition coefficient (Wildman–Crippen LogP) is 2.12. The Bertz CT molecular complexity index is 707. The minimum absolute atomic E-state index is 0.0912. The first kappa shape index (κ1) is 13.0. The molecular weight excluding hydrogens is 273 g/mol. The summed E-state index contributed by atoms with van der Waals surface area (Å²) >= 11 is 0. The van der Waals surface area contributed by atoms with Gasteiger partial charge >= 0.3 is 0 Å². The van der Waals surface area contributed by atoms with Crippen LogP contribution >= 0.6 is 0 Å². The smallest absolute Gasteiger partial charge is 0.155 e. The van der Waals surface area contributed by atoms with Crippen molar-refractivity contribution in [3.63, 3.8) is 0 Å². The number of halogens is 1. The number of benzene rings is 1. The second-order valence-corrected chi connectivity index (χ2v) is 4.42. The van der Waals surface area contributed by atoms with E-state index in [9.17, 15) is 9.50 Å². The first-order valence-electron chi connectivity index (χ1n) is 6.24. The second-order valence-electron chi connectivity index (χ2n) is 4.42. The maximum Gasteiger partial charge on any atom is 0.155 e. The molecule has 0 spiro atoms. The molecule has 0 unspecified atom stereocenters. The molecule has 0 aliphatic heterocycles. The number of hydrogen-bond donors (Lipinski definition) is 2. The molecule has 2 heterocycles. The number of hydrogen-bond acceptors (Lipinski definition) is 5. The van der Waals surface area contributed by atoms with Crippen molar-refractivity contribution in [2.24, 2.45) is 0 Å². The lowest BCUT2D eigenvalue weighted by atomic mass is 10.2. The molecule has 6 nitrogen and oxygen atoms in total. The minimum atomic E-state index is -0.466. The van der Waals surface area contributed by atoms with E-state index < -0.39 is 5.82 Å². The standard InChI is InChI=1S/C14H12FN5O/c15-11-3-10(4-13(21)5-11)6-17-12-1-2-14(18-7-12)20-9-16-8-19-20/h1-5,7-9,17,21H,6H2. The third-order valence-corrected chi connectivity index (χ3v) is 2.84. The van der Waals surface area contributed by atoms with E-state index >= 15 is 0 Å². The molecule has 0 saturated carbocycles. The van der Waals surface area contributed by atoms with Crippen molar-refractivity contribution in [2.45, 2.75) is 6.54 Å². The Morgan fingerprint density at radius 2 is 2.14 bits per heavy atom. The van der Waals surface area contributed by atoms with Crippen LogP contribution in [0.2, 0.25) is 0 Å². The number of phenolic OH excluding ortho intramolecular Hbond substituents is 1. The fourth-order valence-electron chi connectivity index (χ4n) is 1.89. The van der Waals surface area contributed by atoms with Gasteiger partial charge in [0.15, 0.2) is 5.82 Å². The highest BCUT2D eigenvalue weighted by Gasteiger charge is 2.02. The summed E-state index contributed by atoms with van der Waals surface area (Å²) in [6.07, 6.45) is 4.64. The first-order valence-corrected chi connectivity index (χ1v) is 6.24. The first-order chi connectivity index (χ1) is 10.2. The number of anilines is 1. The predicted molar refractivity (Wildman–Crippen MR) is 74.5 cm³/mol. The molecule has 0 bridgehead atoms. The number of aromatic nitrogens is 4. The third-order valence-electron chi connectivity index (χ3n) is 2.84. The molecule has 2 N–H and O–H groups in total. The van der Waals surface area contributed by atoms with Crippen LogP contribution in [0.4, 0.5) is 10.1 Å². The van der Waals surface area contributed by atoms with Crippen LogP contribution in [-0.2, 0) is 6.54 Å². The van der Waals surface area contributed by atoms with Crippen LogP contribution < -0.4 is 5.32 Å². The van der Waals surface area contributed by atoms with E-state index in [1.807, 2.05) is 6.07 Å². The molecular formula is C14H12FN5O. The van der Waals surface area contributed by atoms with Crippen LogP contribution in [0, 0.1) is 5.82 Å². The Morgan fingerprint density at radius 3 is 2.81 bits per heavy atom. The summed E-state index contributed by atoms with van der Waals surface area (Å²) in [6.45, 7) is 0.385. The zero-order chi connectivity index (χ0) is 14.7. The quantitative estimate of drug-likeness (QED) is 0.768. The monoisotopic (exact) mass is 285 g/mol. The van der Waals surface area contributed by atoms with Crippen LogP contribution in [-0.4, -0.2) is 24.9 Å². The molecule has 0 amide bonds. The molecule has 2 aromatic heterocycles. The van der Waals surface area contributed by atoms with Gasteiger partial charge in [-0.15, -0.1) is 0 Å². The maximum absolute atomic E-state index is 13.1. The lowest BCUT2D eigenvalue weighted by Gasteiger charge is -2.07. The normalized spacial score (nSPS) is 10.5. The fraction of sp³-hybridized carbons (Fsp3) is 0.0714. The number of nitrogens with zero attached hydrogens (tertiary/aromatic N) is 4. The van der Waals surface area contributed by atoms with Crippen LogP contribution in [0.5, 0.6) is 5.75 Å². The van der Waals surface area contributed by atoms with E-state index in [1.165, 1.54) is 18.5 Å². The molecule has 0 fully saturated rings. The van der Waals surface area contributed by atoms with Crippen molar-refractivity contribution in [3.05, 3.63) is 60.6 Å². The average Bonchev–Trinajstić information content (AvgIpc) is 2.99. The molecule has 7 heteroatoms. The lowest BCUT2D eigenvalue weighted by Crippen LogP contribution is -2.02. The average molecular weight is 285 g/mol. The molecule has 0 aliphatic carbocycles. The van der Waals surface area contributed by atoms with Crippen LogP contribution in [0.3, 0.4) is 0 Å². The summed E-state index contributed by atoms with van der Waals surface area (Å²) in [4.78, 5) is 8.09. The molecule has 3 rings (SSSR count). The molecule has 1 aromatic carbocycles. The van der Waals surface area contributed by atoms with E-state index in [4.69, 9.17) is 0 Å². The second kappa shape index (κ2) is 5.58. The highest BCUT2D eigenvalue weighted by molar-refractivity contribution is 5.44. The van der Waals surface area contributed by atoms with Gasteiger partial charge < -0.3 is 10.4 Å². The highest BCUT2D eigenvalue weighted by Crippen LogP contribution is 2.16. The minimum Gasteiger partial charge on any atom is -0.508 e.